The van der Waals surface area contributed by atoms with E-state index >= 15 is 0 Å². The molecular formula is C14H11BrFNO3. The molecule has 0 atom stereocenters. The molecule has 2 aromatic rings. The Hall–Kier alpha value is -2.08. The van der Waals surface area contributed by atoms with Gasteiger partial charge in [-0.3, -0.25) is 0 Å². The highest BCUT2D eigenvalue weighted by Crippen LogP contribution is 2.30. The van der Waals surface area contributed by atoms with Crippen LogP contribution < -0.4 is 10.5 Å². The number of carbonyl (C=O) groups is 1. The van der Waals surface area contributed by atoms with Crippen LogP contribution in [-0.2, 0) is 4.74 Å². The standard InChI is InChI=1S/C14H11BrFNO3/c1-19-14(18)8-2-3-12(17)13(4-8)20-11-6-9(15)5-10(16)7-11/h2-7H,17H2,1H3. The Morgan fingerprint density at radius 1 is 1.25 bits per heavy atom. The van der Waals surface area contributed by atoms with Crippen molar-refractivity contribution in [2.45, 2.75) is 0 Å². The van der Waals surface area contributed by atoms with E-state index in [1.807, 2.05) is 0 Å². The first-order valence-corrected chi connectivity index (χ1v) is 6.40. The maximum Gasteiger partial charge on any atom is 0.337 e. The van der Waals surface area contributed by atoms with Crippen molar-refractivity contribution in [3.63, 3.8) is 0 Å². The summed E-state index contributed by atoms with van der Waals surface area (Å²) in [6.07, 6.45) is 0. The Kier molecular flexibility index (Phi) is 4.24. The van der Waals surface area contributed by atoms with Crippen LogP contribution in [0.5, 0.6) is 11.5 Å². The van der Waals surface area contributed by atoms with Gasteiger partial charge in [0.2, 0.25) is 0 Å². The number of halogens is 2. The normalized spacial score (nSPS) is 10.2. The topological polar surface area (TPSA) is 61.5 Å². The maximum atomic E-state index is 13.3. The van der Waals surface area contributed by atoms with Gasteiger partial charge in [-0.15, -0.1) is 0 Å². The van der Waals surface area contributed by atoms with Crippen molar-refractivity contribution in [1.82, 2.24) is 0 Å². The third-order valence-electron chi connectivity index (χ3n) is 2.50. The van der Waals surface area contributed by atoms with Crippen LogP contribution in [0.15, 0.2) is 40.9 Å². The number of hydrogen-bond acceptors (Lipinski definition) is 4. The molecule has 0 bridgehead atoms. The van der Waals surface area contributed by atoms with Crippen molar-refractivity contribution in [2.75, 3.05) is 12.8 Å². The summed E-state index contributed by atoms with van der Waals surface area (Å²) in [6, 6.07) is 8.61. The number of methoxy groups -OCH3 is 1. The highest BCUT2D eigenvalue weighted by Gasteiger charge is 2.11. The van der Waals surface area contributed by atoms with Crippen LogP contribution in [0.1, 0.15) is 10.4 Å². The van der Waals surface area contributed by atoms with Crippen molar-refractivity contribution in [1.29, 1.82) is 0 Å². The van der Waals surface area contributed by atoms with Crippen LogP contribution in [0.3, 0.4) is 0 Å². The molecule has 0 saturated heterocycles. The zero-order chi connectivity index (χ0) is 14.7. The average Bonchev–Trinajstić information content (AvgIpc) is 2.39. The lowest BCUT2D eigenvalue weighted by Crippen LogP contribution is -2.02. The van der Waals surface area contributed by atoms with E-state index < -0.39 is 11.8 Å². The summed E-state index contributed by atoms with van der Waals surface area (Å²) in [6.45, 7) is 0. The molecule has 2 rings (SSSR count). The molecule has 0 aromatic heterocycles. The van der Waals surface area contributed by atoms with E-state index in [0.29, 0.717) is 15.7 Å². The molecule has 0 aliphatic heterocycles. The fraction of sp³-hybridized carbons (Fsp3) is 0.0714. The van der Waals surface area contributed by atoms with Crippen molar-refractivity contribution < 1.29 is 18.7 Å². The number of nitrogens with two attached hydrogens (primary N) is 1. The van der Waals surface area contributed by atoms with Crippen molar-refractivity contribution in [3.8, 4) is 11.5 Å². The zero-order valence-corrected chi connectivity index (χ0v) is 12.1. The van der Waals surface area contributed by atoms with Gasteiger partial charge < -0.3 is 15.2 Å². The Morgan fingerprint density at radius 2 is 2.00 bits per heavy atom. The van der Waals surface area contributed by atoms with Gasteiger partial charge >= 0.3 is 5.97 Å². The number of carbonyl (C=O) groups excluding carboxylic acids is 1. The number of anilines is 1. The summed E-state index contributed by atoms with van der Waals surface area (Å²) in [5, 5.41) is 0. The maximum absolute atomic E-state index is 13.3. The molecule has 0 fully saturated rings. The van der Waals surface area contributed by atoms with Gasteiger partial charge in [-0.25, -0.2) is 9.18 Å². The predicted octanol–water partition coefficient (Wildman–Crippen LogP) is 3.75. The Bertz CT molecular complexity index is 641. The summed E-state index contributed by atoms with van der Waals surface area (Å²) in [4.78, 5) is 11.5. The van der Waals surface area contributed by atoms with E-state index in [1.54, 1.807) is 6.07 Å². The Morgan fingerprint density at radius 3 is 2.65 bits per heavy atom. The van der Waals surface area contributed by atoms with Crippen LogP contribution in [0.4, 0.5) is 10.1 Å². The van der Waals surface area contributed by atoms with Crippen LogP contribution in [0.2, 0.25) is 0 Å². The van der Waals surface area contributed by atoms with Crippen molar-refractivity contribution in [3.05, 3.63) is 52.3 Å². The SMILES string of the molecule is COC(=O)c1ccc(N)c(Oc2cc(F)cc(Br)c2)c1. The third kappa shape index (κ3) is 3.27. The molecule has 0 saturated carbocycles. The van der Waals surface area contributed by atoms with Gasteiger partial charge in [0.15, 0.2) is 5.75 Å². The molecule has 0 spiro atoms. The molecule has 4 nitrogen and oxygen atoms in total. The average molecular weight is 340 g/mol. The summed E-state index contributed by atoms with van der Waals surface area (Å²) in [5.41, 5.74) is 6.40. The summed E-state index contributed by atoms with van der Waals surface area (Å²) in [7, 11) is 1.28. The molecule has 0 amide bonds. The zero-order valence-electron chi connectivity index (χ0n) is 10.5. The quantitative estimate of drug-likeness (QED) is 0.683. The van der Waals surface area contributed by atoms with Crippen molar-refractivity contribution >= 4 is 27.6 Å². The minimum absolute atomic E-state index is 0.255. The number of ether oxygens (including phenoxy) is 2. The second-order valence-corrected chi connectivity index (χ2v) is 4.87. The number of nitrogen functional groups attached to an aromatic ring is 1. The van der Waals surface area contributed by atoms with E-state index in [1.165, 1.54) is 37.4 Å². The third-order valence-corrected chi connectivity index (χ3v) is 2.96. The first-order valence-electron chi connectivity index (χ1n) is 5.61. The summed E-state index contributed by atoms with van der Waals surface area (Å²) in [5.74, 6) is -0.427. The molecule has 0 aliphatic carbocycles. The molecule has 20 heavy (non-hydrogen) atoms. The highest BCUT2D eigenvalue weighted by molar-refractivity contribution is 9.10. The van der Waals surface area contributed by atoms with Crippen LogP contribution in [0, 0.1) is 5.82 Å². The van der Waals surface area contributed by atoms with E-state index in [9.17, 15) is 9.18 Å². The first-order chi connectivity index (χ1) is 9.49. The Labute approximate surface area is 123 Å². The lowest BCUT2D eigenvalue weighted by Gasteiger charge is -2.10. The second kappa shape index (κ2) is 5.92. The largest absolute Gasteiger partial charge is 0.465 e. The van der Waals surface area contributed by atoms with E-state index in [0.717, 1.165) is 0 Å². The van der Waals surface area contributed by atoms with Gasteiger partial charge in [-0.1, -0.05) is 15.9 Å². The smallest absolute Gasteiger partial charge is 0.337 e. The molecule has 0 heterocycles. The molecule has 2 N–H and O–H groups in total. The fourth-order valence-corrected chi connectivity index (χ4v) is 2.03. The molecule has 0 aliphatic rings. The molecule has 6 heteroatoms. The van der Waals surface area contributed by atoms with E-state index in [4.69, 9.17) is 10.5 Å². The molecule has 0 unspecified atom stereocenters. The lowest BCUT2D eigenvalue weighted by molar-refractivity contribution is 0.0600. The minimum atomic E-state index is -0.504. The van der Waals surface area contributed by atoms with E-state index in [-0.39, 0.29) is 11.5 Å². The molecule has 2 aromatic carbocycles. The summed E-state index contributed by atoms with van der Waals surface area (Å²) >= 11 is 3.17. The monoisotopic (exact) mass is 339 g/mol. The van der Waals surface area contributed by atoms with Crippen molar-refractivity contribution in [2.24, 2.45) is 0 Å². The van der Waals surface area contributed by atoms with Gasteiger partial charge in [0, 0.05) is 10.5 Å². The number of rotatable bonds is 3. The lowest BCUT2D eigenvalue weighted by atomic mass is 10.2. The highest BCUT2D eigenvalue weighted by atomic mass is 79.9. The van der Waals surface area contributed by atoms with Gasteiger partial charge in [0.05, 0.1) is 18.4 Å². The molecule has 0 radical (unpaired) electrons. The first kappa shape index (κ1) is 14.3. The van der Waals surface area contributed by atoms with Gasteiger partial charge in [-0.05, 0) is 30.3 Å². The van der Waals surface area contributed by atoms with E-state index in [2.05, 4.69) is 20.7 Å². The fourth-order valence-electron chi connectivity index (χ4n) is 1.58. The predicted molar refractivity (Wildman–Crippen MR) is 76.4 cm³/mol. The van der Waals surface area contributed by atoms with Gasteiger partial charge in [-0.2, -0.15) is 0 Å². The Balaban J connectivity index is 2.34. The summed E-state index contributed by atoms with van der Waals surface area (Å²) < 4.78 is 23.9. The minimum Gasteiger partial charge on any atom is -0.465 e. The van der Waals surface area contributed by atoms with Crippen LogP contribution in [-0.4, -0.2) is 13.1 Å². The number of benzene rings is 2. The van der Waals surface area contributed by atoms with Crippen LogP contribution >= 0.6 is 15.9 Å². The number of esters is 1. The number of hydrogen-bond donors (Lipinski definition) is 1. The van der Waals surface area contributed by atoms with Gasteiger partial charge in [0.25, 0.3) is 0 Å². The van der Waals surface area contributed by atoms with Crippen LogP contribution in [0.25, 0.3) is 0 Å². The molecule has 104 valence electrons. The molecular weight excluding hydrogens is 329 g/mol. The second-order valence-electron chi connectivity index (χ2n) is 3.95. The van der Waals surface area contributed by atoms with Gasteiger partial charge in [0.1, 0.15) is 11.6 Å².